The van der Waals surface area contributed by atoms with E-state index in [-0.39, 0.29) is 0 Å². The Hall–Kier alpha value is -0.0800. The van der Waals surface area contributed by atoms with Crippen molar-refractivity contribution in [2.75, 3.05) is 6.54 Å². The Morgan fingerprint density at radius 1 is 1.06 bits per heavy atom. The number of likely N-dealkylation sites (tertiary alicyclic amines) is 1. The van der Waals surface area contributed by atoms with Gasteiger partial charge in [-0.25, -0.2) is 0 Å². The third-order valence-corrected chi connectivity index (χ3v) is 5.63. The maximum Gasteiger partial charge on any atom is 0.0393 e. The van der Waals surface area contributed by atoms with Crippen molar-refractivity contribution < 1.29 is 0 Å². The summed E-state index contributed by atoms with van der Waals surface area (Å²) >= 11 is 0. The Labute approximate surface area is 106 Å². The van der Waals surface area contributed by atoms with Gasteiger partial charge in [-0.1, -0.05) is 6.92 Å². The highest BCUT2D eigenvalue weighted by Crippen LogP contribution is 2.57. The van der Waals surface area contributed by atoms with E-state index in [4.69, 9.17) is 5.73 Å². The van der Waals surface area contributed by atoms with Crippen molar-refractivity contribution in [3.63, 3.8) is 0 Å². The van der Waals surface area contributed by atoms with Gasteiger partial charge in [0.25, 0.3) is 0 Å². The predicted octanol–water partition coefficient (Wildman–Crippen LogP) is 2.77. The summed E-state index contributed by atoms with van der Waals surface area (Å²) in [7, 11) is 0. The molecule has 0 aromatic rings. The molecule has 2 aliphatic carbocycles. The third kappa shape index (κ3) is 1.76. The maximum atomic E-state index is 6.31. The number of nitrogens with two attached hydrogens (primary N) is 1. The van der Waals surface area contributed by atoms with Crippen molar-refractivity contribution in [2.45, 2.75) is 76.4 Å². The summed E-state index contributed by atoms with van der Waals surface area (Å²) in [6, 6.07) is 1.58. The van der Waals surface area contributed by atoms with E-state index in [9.17, 15) is 0 Å². The normalized spacial score (nSPS) is 35.5. The highest BCUT2D eigenvalue weighted by molar-refractivity contribution is 5.14. The monoisotopic (exact) mass is 236 g/mol. The van der Waals surface area contributed by atoms with E-state index in [1.54, 1.807) is 0 Å². The molecule has 1 saturated heterocycles. The van der Waals surface area contributed by atoms with Gasteiger partial charge in [0.05, 0.1) is 0 Å². The minimum Gasteiger partial charge on any atom is -0.329 e. The van der Waals surface area contributed by atoms with Crippen molar-refractivity contribution in [2.24, 2.45) is 17.6 Å². The minimum absolute atomic E-state index is 0.399. The number of rotatable bonds is 5. The summed E-state index contributed by atoms with van der Waals surface area (Å²) in [5.41, 5.74) is 6.71. The van der Waals surface area contributed by atoms with E-state index in [0.29, 0.717) is 5.54 Å². The van der Waals surface area contributed by atoms with Gasteiger partial charge in [0.2, 0.25) is 0 Å². The number of hydrogen-bond acceptors (Lipinski definition) is 2. The summed E-state index contributed by atoms with van der Waals surface area (Å²) in [4.78, 5) is 2.89. The van der Waals surface area contributed by atoms with Crippen LogP contribution in [0.2, 0.25) is 0 Å². The Kier molecular flexibility index (Phi) is 2.99. The van der Waals surface area contributed by atoms with Gasteiger partial charge in [-0.05, 0) is 63.7 Å². The summed E-state index contributed by atoms with van der Waals surface area (Å²) in [6.45, 7) is 5.70. The molecule has 1 heterocycles. The summed E-state index contributed by atoms with van der Waals surface area (Å²) < 4.78 is 0. The molecule has 3 aliphatic rings. The Morgan fingerprint density at radius 3 is 2.06 bits per heavy atom. The molecule has 17 heavy (non-hydrogen) atoms. The molecule has 0 amide bonds. The molecule has 3 fully saturated rings. The van der Waals surface area contributed by atoms with Gasteiger partial charge < -0.3 is 5.73 Å². The molecule has 2 atom stereocenters. The second-order valence-corrected chi connectivity index (χ2v) is 6.64. The smallest absolute Gasteiger partial charge is 0.0393 e. The van der Waals surface area contributed by atoms with Gasteiger partial charge >= 0.3 is 0 Å². The molecule has 1 aliphatic heterocycles. The van der Waals surface area contributed by atoms with E-state index >= 15 is 0 Å². The first-order chi connectivity index (χ1) is 8.24. The maximum absolute atomic E-state index is 6.31. The van der Waals surface area contributed by atoms with E-state index in [2.05, 4.69) is 18.7 Å². The van der Waals surface area contributed by atoms with E-state index in [1.807, 2.05) is 0 Å². The first-order valence-electron chi connectivity index (χ1n) is 7.72. The lowest BCUT2D eigenvalue weighted by molar-refractivity contribution is 0.0102. The molecule has 2 nitrogen and oxygen atoms in total. The Morgan fingerprint density at radius 2 is 1.65 bits per heavy atom. The molecule has 3 rings (SSSR count). The van der Waals surface area contributed by atoms with Crippen LogP contribution in [-0.4, -0.2) is 29.1 Å². The van der Waals surface area contributed by atoms with Crippen LogP contribution in [0.25, 0.3) is 0 Å². The Bertz CT molecular complexity index is 269. The number of hydrogen-bond donors (Lipinski definition) is 1. The highest BCUT2D eigenvalue weighted by Gasteiger charge is 2.59. The fourth-order valence-electron chi connectivity index (χ4n) is 4.58. The van der Waals surface area contributed by atoms with Crippen molar-refractivity contribution >= 4 is 0 Å². The van der Waals surface area contributed by atoms with Crippen LogP contribution in [0.5, 0.6) is 0 Å². The van der Waals surface area contributed by atoms with Crippen molar-refractivity contribution in [1.82, 2.24) is 4.90 Å². The molecule has 0 bridgehead atoms. The van der Waals surface area contributed by atoms with Crippen LogP contribution < -0.4 is 5.73 Å². The lowest BCUT2D eigenvalue weighted by Crippen LogP contribution is -2.61. The second kappa shape index (κ2) is 4.24. The van der Waals surface area contributed by atoms with Gasteiger partial charge in [0, 0.05) is 24.2 Å². The van der Waals surface area contributed by atoms with Gasteiger partial charge in [0.15, 0.2) is 0 Å². The largest absolute Gasteiger partial charge is 0.329 e. The van der Waals surface area contributed by atoms with Crippen LogP contribution in [0.4, 0.5) is 0 Å². The van der Waals surface area contributed by atoms with Crippen LogP contribution in [-0.2, 0) is 0 Å². The zero-order valence-corrected chi connectivity index (χ0v) is 11.5. The molecular formula is C15H28N2. The van der Waals surface area contributed by atoms with Gasteiger partial charge in [0.1, 0.15) is 0 Å². The van der Waals surface area contributed by atoms with Gasteiger partial charge in [-0.15, -0.1) is 0 Å². The summed E-state index contributed by atoms with van der Waals surface area (Å²) in [6.07, 6.45) is 9.85. The molecule has 2 N–H and O–H groups in total. The third-order valence-electron chi connectivity index (χ3n) is 5.63. The number of nitrogens with zero attached hydrogens (tertiary/aromatic N) is 1. The van der Waals surface area contributed by atoms with Crippen LogP contribution >= 0.6 is 0 Å². The minimum atomic E-state index is 0.399. The van der Waals surface area contributed by atoms with Crippen LogP contribution in [0, 0.1) is 11.8 Å². The molecule has 2 heteroatoms. The van der Waals surface area contributed by atoms with Crippen LogP contribution in [0.3, 0.4) is 0 Å². The molecule has 0 aromatic carbocycles. The summed E-state index contributed by atoms with van der Waals surface area (Å²) in [5, 5.41) is 0. The SMILES string of the molecule is CCC1CCC(C)N1C(CN)(C1CC1)C1CC1. The van der Waals surface area contributed by atoms with Gasteiger partial charge in [-0.2, -0.15) is 0 Å². The first-order valence-corrected chi connectivity index (χ1v) is 7.72. The topological polar surface area (TPSA) is 29.3 Å². The average Bonchev–Trinajstić information content (AvgIpc) is 3.21. The first kappa shape index (κ1) is 12.0. The molecular weight excluding hydrogens is 208 g/mol. The quantitative estimate of drug-likeness (QED) is 0.795. The van der Waals surface area contributed by atoms with Crippen molar-refractivity contribution in [3.8, 4) is 0 Å². The zero-order valence-electron chi connectivity index (χ0n) is 11.5. The average molecular weight is 236 g/mol. The predicted molar refractivity (Wildman–Crippen MR) is 71.8 cm³/mol. The molecule has 0 spiro atoms. The Balaban J connectivity index is 1.90. The lowest BCUT2D eigenvalue weighted by atomic mass is 9.83. The van der Waals surface area contributed by atoms with E-state index in [1.165, 1.54) is 44.9 Å². The molecule has 0 radical (unpaired) electrons. The van der Waals surface area contributed by atoms with E-state index < -0.39 is 0 Å². The summed E-state index contributed by atoms with van der Waals surface area (Å²) in [5.74, 6) is 1.85. The van der Waals surface area contributed by atoms with Crippen LogP contribution in [0.15, 0.2) is 0 Å². The fourth-order valence-corrected chi connectivity index (χ4v) is 4.58. The van der Waals surface area contributed by atoms with Crippen molar-refractivity contribution in [3.05, 3.63) is 0 Å². The second-order valence-electron chi connectivity index (χ2n) is 6.64. The van der Waals surface area contributed by atoms with E-state index in [0.717, 1.165) is 30.5 Å². The standard InChI is InChI=1S/C15H28N2/c1-3-14-9-4-11(2)17(14)15(10-16,12-5-6-12)13-7-8-13/h11-14H,3-10,16H2,1-2H3. The van der Waals surface area contributed by atoms with Crippen molar-refractivity contribution in [1.29, 1.82) is 0 Å². The lowest BCUT2D eigenvalue weighted by Gasteiger charge is -2.48. The molecule has 0 aromatic heterocycles. The molecule has 2 saturated carbocycles. The van der Waals surface area contributed by atoms with Crippen LogP contribution in [0.1, 0.15) is 58.8 Å². The molecule has 2 unspecified atom stereocenters. The highest BCUT2D eigenvalue weighted by atomic mass is 15.3. The van der Waals surface area contributed by atoms with Gasteiger partial charge in [-0.3, -0.25) is 4.90 Å². The molecule has 98 valence electrons. The zero-order chi connectivity index (χ0) is 12.0. The fraction of sp³-hybridized carbons (Fsp3) is 1.00.